The first-order valence-corrected chi connectivity index (χ1v) is 8.05. The Hall–Kier alpha value is -2.43. The van der Waals surface area contributed by atoms with Crippen LogP contribution in [0.2, 0.25) is 0 Å². The third kappa shape index (κ3) is 4.54. The normalized spacial score (nSPS) is 12.7. The number of pyridine rings is 2. The van der Waals surface area contributed by atoms with Crippen molar-refractivity contribution >= 4 is 5.91 Å². The number of hydrogen-bond acceptors (Lipinski definition) is 3. The molecule has 0 aliphatic heterocycles. The largest absolute Gasteiger partial charge is 0.354 e. The molecule has 5 nitrogen and oxygen atoms in total. The van der Waals surface area contributed by atoms with E-state index in [0.717, 1.165) is 17.7 Å². The molecule has 1 amide bonds. The Bertz CT molecular complexity index is 773. The number of carbonyl (C=O) groups is 1. The summed E-state index contributed by atoms with van der Waals surface area (Å²) in [5, 5.41) is 3.00. The van der Waals surface area contributed by atoms with E-state index in [2.05, 4.69) is 31.1 Å². The van der Waals surface area contributed by atoms with Gasteiger partial charge in [0, 0.05) is 37.4 Å². The standard InChI is InChI=1S/C19H25N3O2/c1-13-9-17(23)15(12-22(13)5)18(24)21-16(10-19(2,3)4)14-7-6-8-20-11-14/h6-9,11-12,16H,10H2,1-5H3,(H,21,24)/t16-/m0/s1. The number of aromatic nitrogens is 2. The Labute approximate surface area is 142 Å². The van der Waals surface area contributed by atoms with Crippen LogP contribution in [0.25, 0.3) is 0 Å². The van der Waals surface area contributed by atoms with Crippen molar-refractivity contribution in [3.8, 4) is 0 Å². The second-order valence-electron chi connectivity index (χ2n) is 7.38. The minimum absolute atomic E-state index is 0.0199. The van der Waals surface area contributed by atoms with Gasteiger partial charge in [-0.05, 0) is 30.4 Å². The minimum atomic E-state index is -0.353. The molecule has 5 heteroatoms. The molecule has 2 aromatic rings. The van der Waals surface area contributed by atoms with Crippen LogP contribution in [-0.4, -0.2) is 15.5 Å². The summed E-state index contributed by atoms with van der Waals surface area (Å²) >= 11 is 0. The fraction of sp³-hybridized carbons (Fsp3) is 0.421. The van der Waals surface area contributed by atoms with Crippen molar-refractivity contribution in [3.63, 3.8) is 0 Å². The Balaban J connectivity index is 2.31. The fourth-order valence-corrected chi connectivity index (χ4v) is 2.58. The smallest absolute Gasteiger partial charge is 0.257 e. The predicted molar refractivity (Wildman–Crippen MR) is 94.9 cm³/mol. The molecule has 0 aliphatic rings. The lowest BCUT2D eigenvalue weighted by Gasteiger charge is -2.27. The highest BCUT2D eigenvalue weighted by Gasteiger charge is 2.23. The van der Waals surface area contributed by atoms with Crippen molar-refractivity contribution in [2.24, 2.45) is 12.5 Å². The average molecular weight is 327 g/mol. The highest BCUT2D eigenvalue weighted by Crippen LogP contribution is 2.29. The summed E-state index contributed by atoms with van der Waals surface area (Å²) in [5.41, 5.74) is 1.67. The molecule has 0 spiro atoms. The lowest BCUT2D eigenvalue weighted by molar-refractivity contribution is 0.0924. The summed E-state index contributed by atoms with van der Waals surface area (Å²) in [7, 11) is 1.82. The van der Waals surface area contributed by atoms with Gasteiger partial charge >= 0.3 is 0 Å². The Morgan fingerprint density at radius 1 is 1.38 bits per heavy atom. The molecule has 0 saturated carbocycles. The van der Waals surface area contributed by atoms with Gasteiger partial charge in [0.15, 0.2) is 5.43 Å². The van der Waals surface area contributed by atoms with E-state index in [0.29, 0.717) is 0 Å². The molecule has 128 valence electrons. The van der Waals surface area contributed by atoms with Gasteiger partial charge in [-0.2, -0.15) is 0 Å². The number of rotatable bonds is 4. The Morgan fingerprint density at radius 2 is 2.08 bits per heavy atom. The number of nitrogens with one attached hydrogen (secondary N) is 1. The lowest BCUT2D eigenvalue weighted by Crippen LogP contribution is -2.34. The lowest BCUT2D eigenvalue weighted by atomic mass is 9.85. The molecule has 0 unspecified atom stereocenters. The molecule has 1 atom stereocenters. The van der Waals surface area contributed by atoms with E-state index in [1.807, 2.05) is 26.1 Å². The molecule has 2 aromatic heterocycles. The quantitative estimate of drug-likeness (QED) is 0.939. The van der Waals surface area contributed by atoms with E-state index in [9.17, 15) is 9.59 Å². The molecule has 2 heterocycles. The summed E-state index contributed by atoms with van der Waals surface area (Å²) in [4.78, 5) is 28.9. The summed E-state index contributed by atoms with van der Waals surface area (Å²) in [6, 6.07) is 5.08. The van der Waals surface area contributed by atoms with Crippen LogP contribution in [0.1, 0.15) is 54.8 Å². The maximum absolute atomic E-state index is 12.7. The molecule has 24 heavy (non-hydrogen) atoms. The second-order valence-corrected chi connectivity index (χ2v) is 7.38. The summed E-state index contributed by atoms with van der Waals surface area (Å²) in [6.45, 7) is 8.19. The van der Waals surface area contributed by atoms with Crippen LogP contribution >= 0.6 is 0 Å². The van der Waals surface area contributed by atoms with Gasteiger partial charge in [0.1, 0.15) is 5.56 Å². The number of carbonyl (C=O) groups excluding carboxylic acids is 1. The fourth-order valence-electron chi connectivity index (χ4n) is 2.58. The zero-order chi connectivity index (χ0) is 17.9. The molecule has 0 aliphatic carbocycles. The van der Waals surface area contributed by atoms with E-state index >= 15 is 0 Å². The summed E-state index contributed by atoms with van der Waals surface area (Å²) in [6.07, 6.45) is 5.79. The average Bonchev–Trinajstić information content (AvgIpc) is 2.49. The van der Waals surface area contributed by atoms with Crippen LogP contribution in [0, 0.1) is 12.3 Å². The van der Waals surface area contributed by atoms with Crippen molar-refractivity contribution in [1.29, 1.82) is 0 Å². The number of nitrogens with zero attached hydrogens (tertiary/aromatic N) is 2. The van der Waals surface area contributed by atoms with Crippen molar-refractivity contribution in [2.75, 3.05) is 0 Å². The van der Waals surface area contributed by atoms with Gasteiger partial charge in [-0.3, -0.25) is 14.6 Å². The first-order chi connectivity index (χ1) is 11.2. The van der Waals surface area contributed by atoms with Crippen LogP contribution in [0.3, 0.4) is 0 Å². The van der Waals surface area contributed by atoms with E-state index in [4.69, 9.17) is 0 Å². The molecule has 1 N–H and O–H groups in total. The third-order valence-electron chi connectivity index (χ3n) is 3.94. The van der Waals surface area contributed by atoms with Crippen molar-refractivity contribution in [3.05, 3.63) is 63.8 Å². The molecular formula is C19H25N3O2. The maximum Gasteiger partial charge on any atom is 0.257 e. The number of aryl methyl sites for hydroxylation is 2. The molecule has 0 saturated heterocycles. The molecule has 0 radical (unpaired) electrons. The van der Waals surface area contributed by atoms with Crippen LogP contribution in [0.5, 0.6) is 0 Å². The van der Waals surface area contributed by atoms with E-state index in [1.165, 1.54) is 6.07 Å². The zero-order valence-electron chi connectivity index (χ0n) is 15.0. The van der Waals surface area contributed by atoms with Gasteiger partial charge in [-0.1, -0.05) is 26.8 Å². The van der Waals surface area contributed by atoms with E-state index in [1.54, 1.807) is 23.2 Å². The Kier molecular flexibility index (Phi) is 5.22. The number of amides is 1. The zero-order valence-corrected chi connectivity index (χ0v) is 15.0. The van der Waals surface area contributed by atoms with Gasteiger partial charge < -0.3 is 9.88 Å². The third-order valence-corrected chi connectivity index (χ3v) is 3.94. The highest BCUT2D eigenvalue weighted by molar-refractivity contribution is 5.94. The Morgan fingerprint density at radius 3 is 2.67 bits per heavy atom. The van der Waals surface area contributed by atoms with E-state index in [-0.39, 0.29) is 28.4 Å². The monoisotopic (exact) mass is 327 g/mol. The summed E-state index contributed by atoms with van der Waals surface area (Å²) in [5.74, 6) is -0.353. The van der Waals surface area contributed by atoms with E-state index < -0.39 is 0 Å². The highest BCUT2D eigenvalue weighted by atomic mass is 16.2. The van der Waals surface area contributed by atoms with Crippen LogP contribution in [0.4, 0.5) is 0 Å². The molecule has 2 rings (SSSR count). The molecule has 0 bridgehead atoms. The molecular weight excluding hydrogens is 302 g/mol. The first-order valence-electron chi connectivity index (χ1n) is 8.05. The second kappa shape index (κ2) is 6.99. The van der Waals surface area contributed by atoms with Crippen molar-refractivity contribution in [1.82, 2.24) is 14.9 Å². The van der Waals surface area contributed by atoms with Crippen molar-refractivity contribution < 1.29 is 4.79 Å². The molecule has 0 fully saturated rings. The maximum atomic E-state index is 12.7. The van der Waals surface area contributed by atoms with Gasteiger partial charge in [0.05, 0.1) is 6.04 Å². The topological polar surface area (TPSA) is 64.0 Å². The first kappa shape index (κ1) is 17.9. The summed E-state index contributed by atoms with van der Waals surface area (Å²) < 4.78 is 1.78. The molecule has 0 aromatic carbocycles. The van der Waals surface area contributed by atoms with Crippen LogP contribution in [-0.2, 0) is 7.05 Å². The van der Waals surface area contributed by atoms with Gasteiger partial charge in [0.25, 0.3) is 5.91 Å². The van der Waals surface area contributed by atoms with Gasteiger partial charge in [-0.15, -0.1) is 0 Å². The minimum Gasteiger partial charge on any atom is -0.354 e. The van der Waals surface area contributed by atoms with Gasteiger partial charge in [0.2, 0.25) is 0 Å². The van der Waals surface area contributed by atoms with Crippen LogP contribution in [0.15, 0.2) is 41.6 Å². The van der Waals surface area contributed by atoms with Gasteiger partial charge in [-0.25, -0.2) is 0 Å². The van der Waals surface area contributed by atoms with Crippen LogP contribution < -0.4 is 10.7 Å². The van der Waals surface area contributed by atoms with Crippen molar-refractivity contribution in [2.45, 2.75) is 40.2 Å². The number of hydrogen-bond donors (Lipinski definition) is 1. The predicted octanol–water partition coefficient (Wildman–Crippen LogP) is 3.00. The SMILES string of the molecule is Cc1cc(=O)c(C(=O)N[C@@H](CC(C)(C)C)c2cccnc2)cn1C.